The monoisotopic (exact) mass is 700 g/mol. The number of amides is 3. The molecule has 0 saturated heterocycles. The molecule has 0 saturated carbocycles. The molecule has 268 valence electrons. The Morgan fingerprint density at radius 2 is 1.84 bits per heavy atom. The van der Waals surface area contributed by atoms with E-state index in [0.29, 0.717) is 35.9 Å². The zero-order valence-corrected chi connectivity index (χ0v) is 29.8. The van der Waals surface area contributed by atoms with Crippen molar-refractivity contribution >= 4 is 33.3 Å². The maximum Gasteiger partial charge on any atom is 0.323 e. The second-order valence-corrected chi connectivity index (χ2v) is 14.5. The summed E-state index contributed by atoms with van der Waals surface area (Å²) in [6.45, 7) is 5.81. The fourth-order valence-corrected chi connectivity index (χ4v) is 6.61. The Bertz CT molecular complexity index is 1660. The minimum atomic E-state index is -3.89. The zero-order chi connectivity index (χ0) is 35.7. The summed E-state index contributed by atoms with van der Waals surface area (Å²) in [6, 6.07) is 10.6. The number of sulfonamides is 1. The van der Waals surface area contributed by atoms with Gasteiger partial charge in [0, 0.05) is 57.3 Å². The lowest BCUT2D eigenvalue weighted by Gasteiger charge is -2.35. The second kappa shape index (κ2) is 17.0. The Balaban J connectivity index is 1.61. The number of aliphatic hydroxyl groups is 1. The minimum Gasteiger partial charge on any atom is -0.497 e. The molecule has 0 fully saturated rings. The van der Waals surface area contributed by atoms with Crippen molar-refractivity contribution in [2.45, 2.75) is 63.3 Å². The molecule has 1 aliphatic rings. The number of hydrogen-bond donors (Lipinski definition) is 3. The van der Waals surface area contributed by atoms with Crippen molar-refractivity contribution in [1.29, 1.82) is 0 Å². The number of rotatable bonds is 9. The number of nitrogens with one attached hydrogen (secondary N) is 2. The Labute approximate surface area is 288 Å². The van der Waals surface area contributed by atoms with Gasteiger partial charge in [0.05, 0.1) is 43.9 Å². The number of likely N-dealkylation sites (N-methyl/N-ethyl adjacent to an activating group) is 1. The Hall–Kier alpha value is -4.18. The van der Waals surface area contributed by atoms with Gasteiger partial charge >= 0.3 is 6.03 Å². The van der Waals surface area contributed by atoms with Crippen LogP contribution in [-0.2, 0) is 21.8 Å². The van der Waals surface area contributed by atoms with E-state index in [0.717, 1.165) is 12.8 Å². The molecule has 2 heterocycles. The quantitative estimate of drug-likeness (QED) is 0.297. The summed E-state index contributed by atoms with van der Waals surface area (Å²) in [7, 11) is 0.848. The molecule has 4 rings (SSSR count). The molecule has 2 aromatic carbocycles. The first-order valence-corrected chi connectivity index (χ1v) is 17.8. The van der Waals surface area contributed by atoms with E-state index >= 15 is 0 Å². The maximum absolute atomic E-state index is 14.4. The van der Waals surface area contributed by atoms with Crippen LogP contribution in [0, 0.1) is 5.92 Å². The maximum atomic E-state index is 14.4. The first-order chi connectivity index (χ1) is 23.3. The number of urea groups is 1. The number of carbonyl (C=O) groups is 2. The van der Waals surface area contributed by atoms with Crippen molar-refractivity contribution in [3.05, 3.63) is 60.6 Å². The molecule has 0 unspecified atom stereocenters. The smallest absolute Gasteiger partial charge is 0.323 e. The van der Waals surface area contributed by atoms with Gasteiger partial charge in [0.2, 0.25) is 0 Å². The van der Waals surface area contributed by atoms with E-state index in [9.17, 15) is 23.1 Å². The normalized spacial score (nSPS) is 20.1. The molecule has 0 bridgehead atoms. The SMILES string of the molecule is COc1ccc(NC(=O)Nc2ccc3c(c2)C(=O)N([C@@H](C)CO)C[C@@H](C)[C@H](CN(C)S(=O)(=O)c2cn(C)cn2)OCCCC[C@H](C)O3)cc1. The molecule has 14 nitrogen and oxygen atoms in total. The molecule has 49 heavy (non-hydrogen) atoms. The van der Waals surface area contributed by atoms with Crippen molar-refractivity contribution in [3.8, 4) is 11.5 Å². The van der Waals surface area contributed by atoms with Crippen LogP contribution in [0.3, 0.4) is 0 Å². The summed E-state index contributed by atoms with van der Waals surface area (Å²) in [5.41, 5.74) is 1.13. The van der Waals surface area contributed by atoms with Gasteiger partial charge in [-0.05, 0) is 75.6 Å². The molecule has 3 N–H and O–H groups in total. The van der Waals surface area contributed by atoms with Crippen LogP contribution in [-0.4, -0.2) is 103 Å². The van der Waals surface area contributed by atoms with Gasteiger partial charge in [0.1, 0.15) is 11.5 Å². The lowest BCUT2D eigenvalue weighted by molar-refractivity contribution is -0.00835. The van der Waals surface area contributed by atoms with Crippen LogP contribution >= 0.6 is 0 Å². The van der Waals surface area contributed by atoms with Gasteiger partial charge in [-0.3, -0.25) is 4.79 Å². The highest BCUT2D eigenvalue weighted by molar-refractivity contribution is 7.89. The first kappa shape index (κ1) is 37.6. The van der Waals surface area contributed by atoms with Crippen molar-refractivity contribution in [1.82, 2.24) is 18.8 Å². The number of methoxy groups -OCH3 is 1. The fraction of sp³-hybridized carbons (Fsp3) is 0.500. The number of nitrogens with zero attached hydrogens (tertiary/aromatic N) is 4. The van der Waals surface area contributed by atoms with Crippen LogP contribution in [0.5, 0.6) is 11.5 Å². The molecule has 15 heteroatoms. The number of imidazole rings is 1. The van der Waals surface area contributed by atoms with Gasteiger partial charge in [-0.2, -0.15) is 4.31 Å². The number of aliphatic hydroxyl groups excluding tert-OH is 1. The van der Waals surface area contributed by atoms with E-state index in [1.807, 2.05) is 13.8 Å². The lowest BCUT2D eigenvalue weighted by atomic mass is 10.0. The number of benzene rings is 2. The van der Waals surface area contributed by atoms with Gasteiger partial charge in [-0.25, -0.2) is 18.2 Å². The van der Waals surface area contributed by atoms with Crippen LogP contribution in [0.25, 0.3) is 0 Å². The van der Waals surface area contributed by atoms with Gasteiger partial charge in [-0.1, -0.05) is 6.92 Å². The number of ether oxygens (including phenoxy) is 3. The summed E-state index contributed by atoms with van der Waals surface area (Å²) in [5.74, 6) is 0.245. The van der Waals surface area contributed by atoms with Crippen LogP contribution in [0.4, 0.5) is 16.2 Å². The largest absolute Gasteiger partial charge is 0.497 e. The van der Waals surface area contributed by atoms with E-state index in [-0.39, 0.29) is 42.3 Å². The summed E-state index contributed by atoms with van der Waals surface area (Å²) in [5, 5.41) is 15.7. The van der Waals surface area contributed by atoms with E-state index in [1.165, 1.54) is 28.8 Å². The minimum absolute atomic E-state index is 0.0308. The molecule has 0 radical (unpaired) electrons. The Morgan fingerprint density at radius 1 is 1.14 bits per heavy atom. The second-order valence-electron chi connectivity index (χ2n) is 12.5. The Morgan fingerprint density at radius 3 is 2.49 bits per heavy atom. The van der Waals surface area contributed by atoms with Gasteiger partial charge < -0.3 is 39.4 Å². The van der Waals surface area contributed by atoms with E-state index in [4.69, 9.17) is 14.2 Å². The number of hydrogen-bond acceptors (Lipinski definition) is 9. The van der Waals surface area contributed by atoms with Crippen LogP contribution in [0.1, 0.15) is 50.4 Å². The van der Waals surface area contributed by atoms with E-state index in [2.05, 4.69) is 15.6 Å². The molecule has 1 aromatic heterocycles. The van der Waals surface area contributed by atoms with Gasteiger partial charge in [0.25, 0.3) is 15.9 Å². The molecule has 3 aromatic rings. The summed E-state index contributed by atoms with van der Waals surface area (Å²) >= 11 is 0. The zero-order valence-electron chi connectivity index (χ0n) is 29.0. The molecular formula is C34H48N6O8S. The molecule has 0 aliphatic carbocycles. The third-order valence-electron chi connectivity index (χ3n) is 8.45. The number of aromatic nitrogens is 2. The predicted octanol–water partition coefficient (Wildman–Crippen LogP) is 4.19. The molecule has 4 atom stereocenters. The summed E-state index contributed by atoms with van der Waals surface area (Å²) in [6.07, 6.45) is 4.26. The van der Waals surface area contributed by atoms with Crippen molar-refractivity contribution < 1.29 is 37.3 Å². The fourth-order valence-electron chi connectivity index (χ4n) is 5.46. The van der Waals surface area contributed by atoms with Crippen molar-refractivity contribution in [3.63, 3.8) is 0 Å². The van der Waals surface area contributed by atoms with E-state index in [1.54, 1.807) is 68.1 Å². The van der Waals surface area contributed by atoms with Crippen molar-refractivity contribution in [2.75, 3.05) is 51.1 Å². The first-order valence-electron chi connectivity index (χ1n) is 16.3. The molecular weight excluding hydrogens is 652 g/mol. The number of fused-ring (bicyclic) bond motifs is 1. The standard InChI is InChI=1S/C34H48N6O8S/c1-23-18-40(24(2)21-41)33(42)29-17-27(37-34(43)36-26-10-13-28(46-6)14-11-26)12-15-30(29)48-25(3)9-7-8-16-47-31(23)19-39(5)49(44,45)32-20-38(4)22-35-32/h10-15,17,20,22-25,31,41H,7-9,16,18-19,21H2,1-6H3,(H2,36,37,43)/t23-,24+,25+,31+/m1/s1. The lowest BCUT2D eigenvalue weighted by Crippen LogP contribution is -2.48. The third-order valence-corrected chi connectivity index (χ3v) is 10.2. The molecule has 0 spiro atoms. The van der Waals surface area contributed by atoms with Gasteiger partial charge in [0.15, 0.2) is 5.03 Å². The van der Waals surface area contributed by atoms with E-state index < -0.39 is 34.1 Å². The predicted molar refractivity (Wildman–Crippen MR) is 186 cm³/mol. The molecule has 3 amide bonds. The average Bonchev–Trinajstić information content (AvgIpc) is 3.53. The molecule has 1 aliphatic heterocycles. The van der Waals surface area contributed by atoms with Gasteiger partial charge in [-0.15, -0.1) is 0 Å². The third kappa shape index (κ3) is 9.94. The number of carbonyl (C=O) groups excluding carboxylic acids is 2. The topological polar surface area (TPSA) is 165 Å². The number of aryl methyl sites for hydroxylation is 1. The highest BCUT2D eigenvalue weighted by atomic mass is 32.2. The van der Waals surface area contributed by atoms with Crippen LogP contribution in [0.15, 0.2) is 60.0 Å². The number of anilines is 2. The highest BCUT2D eigenvalue weighted by Gasteiger charge is 2.33. The van der Waals surface area contributed by atoms with Crippen LogP contribution < -0.4 is 20.1 Å². The average molecular weight is 701 g/mol. The Kier molecular flexibility index (Phi) is 13.0. The van der Waals surface area contributed by atoms with Crippen LogP contribution in [0.2, 0.25) is 0 Å². The highest BCUT2D eigenvalue weighted by Crippen LogP contribution is 2.29. The summed E-state index contributed by atoms with van der Waals surface area (Å²) in [4.78, 5) is 32.8. The summed E-state index contributed by atoms with van der Waals surface area (Å²) < 4.78 is 47.1. The van der Waals surface area contributed by atoms with Crippen molar-refractivity contribution in [2.24, 2.45) is 13.0 Å².